The number of sulfonamides is 1. The Labute approximate surface area is 82.1 Å². The van der Waals surface area contributed by atoms with Crippen molar-refractivity contribution in [3.05, 3.63) is 39.8 Å². The van der Waals surface area contributed by atoms with Crippen LogP contribution in [0.25, 0.3) is 10.4 Å². The van der Waals surface area contributed by atoms with Crippen LogP contribution in [-0.2, 0) is 10.0 Å². The maximum Gasteiger partial charge on any atom is 0.264 e. The van der Waals surface area contributed by atoms with Gasteiger partial charge in [-0.05, 0) is 42.6 Å². The molecule has 1 rings (SSSR count). The number of rotatable bonds is 2. The van der Waals surface area contributed by atoms with Gasteiger partial charge >= 0.3 is 0 Å². The van der Waals surface area contributed by atoms with Crippen LogP contribution in [0.2, 0.25) is 0 Å². The summed E-state index contributed by atoms with van der Waals surface area (Å²) in [6, 6.07) is 4.58. The zero-order chi connectivity index (χ0) is 10.8. The molecular weight excluding hydrogens is 202 g/mol. The van der Waals surface area contributed by atoms with E-state index in [9.17, 15) is 8.42 Å². The first-order chi connectivity index (χ1) is 6.47. The third-order valence-electron chi connectivity index (χ3n) is 1.92. The Balaban J connectivity index is 3.35. The van der Waals surface area contributed by atoms with E-state index in [4.69, 9.17) is 5.53 Å². The highest BCUT2D eigenvalue weighted by Crippen LogP contribution is 2.16. The van der Waals surface area contributed by atoms with Crippen LogP contribution in [-0.4, -0.2) is 8.42 Å². The van der Waals surface area contributed by atoms with Gasteiger partial charge in [0.25, 0.3) is 10.0 Å². The van der Waals surface area contributed by atoms with Gasteiger partial charge in [0, 0.05) is 9.43 Å². The summed E-state index contributed by atoms with van der Waals surface area (Å²) < 4.78 is 25.3. The van der Waals surface area contributed by atoms with Gasteiger partial charge < -0.3 is 0 Å². The van der Waals surface area contributed by atoms with E-state index in [-0.39, 0.29) is 4.90 Å². The van der Waals surface area contributed by atoms with E-state index in [1.807, 2.05) is 6.92 Å². The van der Waals surface area contributed by atoms with E-state index in [2.05, 4.69) is 9.43 Å². The number of hydrogen-bond donors (Lipinski definition) is 0. The molecule has 0 aliphatic carbocycles. The number of hydrogen-bond acceptors (Lipinski definition) is 2. The third kappa shape index (κ3) is 2.04. The molecule has 0 atom stereocenters. The van der Waals surface area contributed by atoms with Crippen molar-refractivity contribution < 1.29 is 8.42 Å². The molecule has 1 aromatic carbocycles. The average molecular weight is 211 g/mol. The Morgan fingerprint density at radius 3 is 2.43 bits per heavy atom. The third-order valence-corrected chi connectivity index (χ3v) is 3.06. The van der Waals surface area contributed by atoms with Crippen LogP contribution in [0.5, 0.6) is 0 Å². The zero-order valence-electron chi connectivity index (χ0n) is 7.80. The molecule has 0 aliphatic heterocycles. The summed E-state index contributed by atoms with van der Waals surface area (Å²) in [6.45, 7) is 3.67. The van der Waals surface area contributed by atoms with Crippen molar-refractivity contribution in [1.82, 2.24) is 0 Å². The fraction of sp³-hybridized carbons (Fsp3) is 0.250. The van der Waals surface area contributed by atoms with Gasteiger partial charge in [0.15, 0.2) is 0 Å². The highest BCUT2D eigenvalue weighted by molar-refractivity contribution is 7.90. The first kappa shape index (κ1) is 10.6. The average Bonchev–Trinajstić information content (AvgIpc) is 2.09. The summed E-state index contributed by atoms with van der Waals surface area (Å²) in [4.78, 5) is 2.30. The molecule has 5 nitrogen and oxygen atoms in total. The minimum Gasteiger partial charge on any atom is -0.216 e. The Hall–Kier alpha value is -1.52. The van der Waals surface area contributed by atoms with Crippen LogP contribution < -0.4 is 0 Å². The van der Waals surface area contributed by atoms with Crippen molar-refractivity contribution in [2.75, 3.05) is 0 Å². The highest BCUT2D eigenvalue weighted by atomic mass is 32.2. The van der Waals surface area contributed by atoms with Crippen LogP contribution in [0.3, 0.4) is 0 Å². The maximum atomic E-state index is 11.3. The molecule has 0 amide bonds. The van der Waals surface area contributed by atoms with E-state index in [1.165, 1.54) is 12.1 Å². The molecule has 1 aromatic rings. The lowest BCUT2D eigenvalue weighted by Crippen LogP contribution is -1.96. The van der Waals surface area contributed by atoms with Crippen LogP contribution in [0, 0.1) is 13.8 Å². The lowest BCUT2D eigenvalue weighted by Gasteiger charge is -2.01. The Kier molecular flexibility index (Phi) is 2.78. The maximum absolute atomic E-state index is 11.3. The van der Waals surface area contributed by atoms with E-state index >= 15 is 0 Å². The van der Waals surface area contributed by atoms with Gasteiger partial charge in [0.05, 0.1) is 4.90 Å². The summed E-state index contributed by atoms with van der Waals surface area (Å²) >= 11 is 0. The summed E-state index contributed by atoms with van der Waals surface area (Å²) in [7, 11) is -3.84. The molecule has 0 spiro atoms. The first-order valence-electron chi connectivity index (χ1n) is 3.86. The molecule has 0 saturated heterocycles. The van der Waals surface area contributed by atoms with Gasteiger partial charge in [0.2, 0.25) is 0 Å². The second-order valence-electron chi connectivity index (χ2n) is 2.89. The summed E-state index contributed by atoms with van der Waals surface area (Å²) in [5.74, 6) is 0. The normalized spacial score (nSPS) is 10.7. The zero-order valence-corrected chi connectivity index (χ0v) is 8.61. The topological polar surface area (TPSA) is 82.9 Å². The number of nitrogens with zero attached hydrogens (tertiary/aromatic N) is 3. The Bertz CT molecular complexity index is 501. The van der Waals surface area contributed by atoms with E-state index in [0.29, 0.717) is 0 Å². The van der Waals surface area contributed by atoms with Gasteiger partial charge in [-0.15, -0.1) is 0 Å². The SMILES string of the molecule is Cc1ccc(S(=O)(=O)N=[N+]=[N-])cc1C. The molecule has 0 N–H and O–H groups in total. The molecule has 0 aliphatic rings. The van der Waals surface area contributed by atoms with Crippen molar-refractivity contribution in [1.29, 1.82) is 0 Å². The van der Waals surface area contributed by atoms with Gasteiger partial charge in [0.1, 0.15) is 0 Å². The monoisotopic (exact) mass is 211 g/mol. The van der Waals surface area contributed by atoms with Crippen molar-refractivity contribution >= 4 is 10.0 Å². The predicted molar refractivity (Wildman–Crippen MR) is 52.2 cm³/mol. The van der Waals surface area contributed by atoms with Crippen LogP contribution in [0.1, 0.15) is 11.1 Å². The minimum absolute atomic E-state index is 0.0263. The largest absolute Gasteiger partial charge is 0.264 e. The molecule has 6 heteroatoms. The van der Waals surface area contributed by atoms with Crippen molar-refractivity contribution in [2.45, 2.75) is 18.7 Å². The fourth-order valence-electron chi connectivity index (χ4n) is 0.970. The molecule has 74 valence electrons. The van der Waals surface area contributed by atoms with E-state index in [0.717, 1.165) is 11.1 Å². The summed E-state index contributed by atoms with van der Waals surface area (Å²) in [6.07, 6.45) is 0. The van der Waals surface area contributed by atoms with E-state index in [1.54, 1.807) is 13.0 Å². The number of azide groups is 1. The second kappa shape index (κ2) is 3.69. The number of benzene rings is 1. The highest BCUT2D eigenvalue weighted by Gasteiger charge is 2.11. The molecule has 0 saturated carbocycles. The molecule has 0 radical (unpaired) electrons. The fourth-order valence-corrected chi connectivity index (χ4v) is 1.73. The van der Waals surface area contributed by atoms with Crippen LogP contribution >= 0.6 is 0 Å². The quantitative estimate of drug-likeness (QED) is 0.427. The van der Waals surface area contributed by atoms with Crippen molar-refractivity contribution in [3.63, 3.8) is 0 Å². The molecule has 0 unspecified atom stereocenters. The molecule has 0 fully saturated rings. The summed E-state index contributed by atoms with van der Waals surface area (Å²) in [5, 5.41) is 0. The van der Waals surface area contributed by atoms with Gasteiger partial charge in [-0.2, -0.15) is 0 Å². The van der Waals surface area contributed by atoms with Gasteiger partial charge in [-0.1, -0.05) is 6.07 Å². The molecule has 0 aromatic heterocycles. The lowest BCUT2D eigenvalue weighted by atomic mass is 10.1. The molecule has 0 heterocycles. The minimum atomic E-state index is -3.84. The van der Waals surface area contributed by atoms with Crippen LogP contribution in [0.4, 0.5) is 0 Å². The molecule has 0 bridgehead atoms. The second-order valence-corrected chi connectivity index (χ2v) is 4.48. The molecule has 14 heavy (non-hydrogen) atoms. The van der Waals surface area contributed by atoms with Crippen molar-refractivity contribution in [2.24, 2.45) is 4.52 Å². The van der Waals surface area contributed by atoms with Gasteiger partial charge in [-0.3, -0.25) is 0 Å². The van der Waals surface area contributed by atoms with E-state index < -0.39 is 10.0 Å². The smallest absolute Gasteiger partial charge is 0.216 e. The van der Waals surface area contributed by atoms with Crippen molar-refractivity contribution in [3.8, 4) is 0 Å². The summed E-state index contributed by atoms with van der Waals surface area (Å²) in [5.41, 5.74) is 9.90. The standard InChI is InChI=1S/C8H9N3O2S/c1-6-3-4-8(5-7(6)2)14(12,13)11-10-9/h3-5H,1-2H3. The number of aryl methyl sites for hydroxylation is 2. The van der Waals surface area contributed by atoms with Crippen LogP contribution in [0.15, 0.2) is 27.6 Å². The van der Waals surface area contributed by atoms with Gasteiger partial charge in [-0.25, -0.2) is 8.42 Å². The Morgan fingerprint density at radius 1 is 1.29 bits per heavy atom. The predicted octanol–water partition coefficient (Wildman–Crippen LogP) is 2.30. The first-order valence-corrected chi connectivity index (χ1v) is 5.30. The Morgan fingerprint density at radius 2 is 1.93 bits per heavy atom. The molecular formula is C8H9N3O2S. The lowest BCUT2D eigenvalue weighted by molar-refractivity contribution is 0.597.